The van der Waals surface area contributed by atoms with Crippen LogP contribution in [0, 0.1) is 6.92 Å². The van der Waals surface area contributed by atoms with Crippen molar-refractivity contribution in [3.8, 4) is 0 Å². The average molecular weight is 332 g/mol. The summed E-state index contributed by atoms with van der Waals surface area (Å²) >= 11 is 0. The van der Waals surface area contributed by atoms with Crippen LogP contribution in [0.4, 0.5) is 23.0 Å². The fourth-order valence-corrected chi connectivity index (χ4v) is 3.11. The maximum atomic E-state index is 5.96. The molecule has 0 saturated carbocycles. The molecule has 4 rings (SSSR count). The molecule has 3 N–H and O–H groups in total. The van der Waals surface area contributed by atoms with Gasteiger partial charge >= 0.3 is 0 Å². The predicted octanol–water partition coefficient (Wildman–Crippen LogP) is 3.07. The van der Waals surface area contributed by atoms with E-state index in [2.05, 4.69) is 38.2 Å². The number of nitrogens with two attached hydrogens (primary N) is 1. The van der Waals surface area contributed by atoms with Gasteiger partial charge in [-0.2, -0.15) is 0 Å². The summed E-state index contributed by atoms with van der Waals surface area (Å²) in [6.45, 7) is 3.83. The van der Waals surface area contributed by atoms with Crippen LogP contribution in [-0.2, 0) is 13.0 Å². The Kier molecular flexibility index (Phi) is 3.93. The summed E-state index contributed by atoms with van der Waals surface area (Å²) in [6.07, 6.45) is 6.29. The zero-order valence-electron chi connectivity index (χ0n) is 14.1. The lowest BCUT2D eigenvalue weighted by Crippen LogP contribution is -2.31. The second-order valence-electron chi connectivity index (χ2n) is 6.24. The average Bonchev–Trinajstić information content (AvgIpc) is 2.64. The van der Waals surface area contributed by atoms with E-state index in [4.69, 9.17) is 5.73 Å². The lowest BCUT2D eigenvalue weighted by Gasteiger charge is -2.31. The van der Waals surface area contributed by atoms with E-state index in [9.17, 15) is 0 Å². The fourth-order valence-electron chi connectivity index (χ4n) is 3.11. The summed E-state index contributed by atoms with van der Waals surface area (Å²) in [5, 5.41) is 3.22. The van der Waals surface area contributed by atoms with Crippen LogP contribution in [0.1, 0.15) is 16.8 Å². The number of hydrogen-bond donors (Lipinski definition) is 2. The molecular weight excluding hydrogens is 312 g/mol. The Morgan fingerprint density at radius 1 is 1.16 bits per heavy atom. The normalized spacial score (nSPS) is 13.4. The number of aryl methyl sites for hydroxylation is 1. The maximum Gasteiger partial charge on any atom is 0.227 e. The number of hydrogen-bond acceptors (Lipinski definition) is 6. The molecule has 3 heterocycles. The molecule has 0 saturated heterocycles. The molecule has 0 spiro atoms. The molecule has 6 heteroatoms. The third-order valence-electron chi connectivity index (χ3n) is 4.44. The summed E-state index contributed by atoms with van der Waals surface area (Å²) in [4.78, 5) is 15.5. The van der Waals surface area contributed by atoms with Gasteiger partial charge in [0.15, 0.2) is 0 Å². The second kappa shape index (κ2) is 6.39. The molecule has 1 aliphatic heterocycles. The standard InChI is InChI=1S/C19H20N6/c1-13-2-3-15(20)10-18(13)25-9-6-17-14(12-25)11-22-19(24-17)23-16-4-7-21-8-5-16/h2-5,7-8,10-11H,6,9,12,20H2,1H3,(H,21,22,23,24). The fraction of sp³-hybridized carbons (Fsp3) is 0.211. The second-order valence-corrected chi connectivity index (χ2v) is 6.24. The Balaban J connectivity index is 1.55. The highest BCUT2D eigenvalue weighted by Crippen LogP contribution is 2.28. The van der Waals surface area contributed by atoms with Crippen molar-refractivity contribution in [3.63, 3.8) is 0 Å². The van der Waals surface area contributed by atoms with Gasteiger partial charge in [-0.15, -0.1) is 0 Å². The van der Waals surface area contributed by atoms with E-state index >= 15 is 0 Å². The first kappa shape index (κ1) is 15.4. The zero-order valence-corrected chi connectivity index (χ0v) is 14.1. The van der Waals surface area contributed by atoms with E-state index in [1.54, 1.807) is 12.4 Å². The van der Waals surface area contributed by atoms with Crippen molar-refractivity contribution in [1.29, 1.82) is 0 Å². The van der Waals surface area contributed by atoms with E-state index in [-0.39, 0.29) is 0 Å². The van der Waals surface area contributed by atoms with Crippen LogP contribution in [0.2, 0.25) is 0 Å². The number of benzene rings is 1. The molecule has 1 aliphatic rings. The highest BCUT2D eigenvalue weighted by molar-refractivity contribution is 5.62. The van der Waals surface area contributed by atoms with Crippen LogP contribution in [0.25, 0.3) is 0 Å². The molecule has 0 aliphatic carbocycles. The van der Waals surface area contributed by atoms with E-state index in [1.165, 1.54) is 11.3 Å². The van der Waals surface area contributed by atoms with Crippen LogP contribution in [0.3, 0.4) is 0 Å². The molecule has 6 nitrogen and oxygen atoms in total. The minimum atomic E-state index is 0.624. The molecule has 0 radical (unpaired) electrons. The number of aromatic nitrogens is 3. The van der Waals surface area contributed by atoms with Crippen molar-refractivity contribution >= 4 is 23.0 Å². The van der Waals surface area contributed by atoms with Gasteiger partial charge in [-0.05, 0) is 36.8 Å². The van der Waals surface area contributed by atoms with Crippen LogP contribution in [0.15, 0.2) is 48.9 Å². The number of rotatable bonds is 3. The molecule has 126 valence electrons. The molecule has 25 heavy (non-hydrogen) atoms. The van der Waals surface area contributed by atoms with Crippen molar-refractivity contribution in [2.75, 3.05) is 22.5 Å². The predicted molar refractivity (Wildman–Crippen MR) is 99.9 cm³/mol. The van der Waals surface area contributed by atoms with Crippen LogP contribution < -0.4 is 16.0 Å². The molecule has 2 aromatic heterocycles. The molecular formula is C19H20N6. The minimum Gasteiger partial charge on any atom is -0.399 e. The summed E-state index contributed by atoms with van der Waals surface area (Å²) in [5.74, 6) is 0.624. The Morgan fingerprint density at radius 3 is 2.84 bits per heavy atom. The number of pyridine rings is 1. The van der Waals surface area contributed by atoms with Crippen molar-refractivity contribution in [3.05, 3.63) is 65.7 Å². The number of nitrogens with one attached hydrogen (secondary N) is 1. The SMILES string of the molecule is Cc1ccc(N)cc1N1CCc2nc(Nc3ccncc3)ncc2C1. The third-order valence-corrected chi connectivity index (χ3v) is 4.44. The molecule has 0 atom stereocenters. The van der Waals surface area contributed by atoms with Gasteiger partial charge in [-0.3, -0.25) is 4.98 Å². The smallest absolute Gasteiger partial charge is 0.227 e. The van der Waals surface area contributed by atoms with Crippen molar-refractivity contribution in [2.45, 2.75) is 19.9 Å². The largest absolute Gasteiger partial charge is 0.399 e. The monoisotopic (exact) mass is 332 g/mol. The minimum absolute atomic E-state index is 0.624. The maximum absolute atomic E-state index is 5.96. The summed E-state index contributed by atoms with van der Waals surface area (Å²) in [6, 6.07) is 9.84. The first-order chi connectivity index (χ1) is 12.2. The first-order valence-electron chi connectivity index (χ1n) is 8.32. The van der Waals surface area contributed by atoms with Crippen LogP contribution >= 0.6 is 0 Å². The third kappa shape index (κ3) is 3.24. The number of fused-ring (bicyclic) bond motifs is 1. The van der Waals surface area contributed by atoms with Crippen molar-refractivity contribution in [2.24, 2.45) is 0 Å². The Labute approximate surface area is 146 Å². The van der Waals surface area contributed by atoms with E-state index in [0.717, 1.165) is 42.1 Å². The van der Waals surface area contributed by atoms with Gasteiger partial charge in [-0.1, -0.05) is 6.07 Å². The zero-order chi connectivity index (χ0) is 17.2. The van der Waals surface area contributed by atoms with E-state index in [1.807, 2.05) is 30.5 Å². The Bertz CT molecular complexity index is 894. The number of anilines is 4. The molecule has 0 fully saturated rings. The van der Waals surface area contributed by atoms with Crippen molar-refractivity contribution in [1.82, 2.24) is 15.0 Å². The molecule has 1 aromatic carbocycles. The summed E-state index contributed by atoms with van der Waals surface area (Å²) in [5.41, 5.74) is 12.4. The van der Waals surface area contributed by atoms with Gasteiger partial charge in [-0.25, -0.2) is 9.97 Å². The van der Waals surface area contributed by atoms with Gasteiger partial charge in [0.05, 0.1) is 5.69 Å². The molecule has 3 aromatic rings. The molecule has 0 unspecified atom stereocenters. The van der Waals surface area contributed by atoms with E-state index < -0.39 is 0 Å². The van der Waals surface area contributed by atoms with Gasteiger partial charge in [0.1, 0.15) is 0 Å². The Morgan fingerprint density at radius 2 is 2.00 bits per heavy atom. The molecule has 0 bridgehead atoms. The lowest BCUT2D eigenvalue weighted by molar-refractivity contribution is 0.705. The van der Waals surface area contributed by atoms with Gasteiger partial charge < -0.3 is 16.0 Å². The van der Waals surface area contributed by atoms with Gasteiger partial charge in [0, 0.05) is 60.7 Å². The summed E-state index contributed by atoms with van der Waals surface area (Å²) in [7, 11) is 0. The number of nitrogen functional groups attached to an aromatic ring is 1. The highest BCUT2D eigenvalue weighted by Gasteiger charge is 2.20. The summed E-state index contributed by atoms with van der Waals surface area (Å²) < 4.78 is 0. The topological polar surface area (TPSA) is 80.0 Å². The van der Waals surface area contributed by atoms with Crippen LogP contribution in [0.5, 0.6) is 0 Å². The molecule has 0 amide bonds. The quantitative estimate of drug-likeness (QED) is 0.718. The van der Waals surface area contributed by atoms with E-state index in [0.29, 0.717) is 5.95 Å². The first-order valence-corrected chi connectivity index (χ1v) is 8.32. The van der Waals surface area contributed by atoms with Crippen LogP contribution in [-0.4, -0.2) is 21.5 Å². The van der Waals surface area contributed by atoms with Gasteiger partial charge in [0.25, 0.3) is 0 Å². The van der Waals surface area contributed by atoms with Gasteiger partial charge in [0.2, 0.25) is 5.95 Å². The number of nitrogens with zero attached hydrogens (tertiary/aromatic N) is 4. The highest BCUT2D eigenvalue weighted by atomic mass is 15.2. The lowest BCUT2D eigenvalue weighted by atomic mass is 10.0. The Hall–Kier alpha value is -3.15. The van der Waals surface area contributed by atoms with Crippen molar-refractivity contribution < 1.29 is 0 Å².